The molecule has 0 fully saturated rings. The lowest BCUT2D eigenvalue weighted by molar-refractivity contribution is -0.743. The summed E-state index contributed by atoms with van der Waals surface area (Å²) in [7, 11) is 0. The molecule has 0 spiro atoms. The Hall–Kier alpha value is -2.19. The monoisotopic (exact) mass is 234 g/mol. The Labute approximate surface area is 89.9 Å². The van der Waals surface area contributed by atoms with Crippen molar-refractivity contribution in [2.24, 2.45) is 0 Å². The van der Waals surface area contributed by atoms with Gasteiger partial charge in [0.05, 0.1) is 9.85 Å². The minimum atomic E-state index is -1.98. The minimum Gasteiger partial charge on any atom is -0.434 e. The van der Waals surface area contributed by atoms with E-state index >= 15 is 0 Å². The Morgan fingerprint density at radius 3 is 2.31 bits per heavy atom. The van der Waals surface area contributed by atoms with Gasteiger partial charge in [0.2, 0.25) is 0 Å². The van der Waals surface area contributed by atoms with Crippen molar-refractivity contribution in [2.75, 3.05) is 13.2 Å². The smallest absolute Gasteiger partial charge is 0.434 e. The predicted octanol–water partition coefficient (Wildman–Crippen LogP) is 0.595. The van der Waals surface area contributed by atoms with E-state index in [0.717, 1.165) is 0 Å². The van der Waals surface area contributed by atoms with Gasteiger partial charge in [-0.2, -0.15) is 0 Å². The molecule has 0 atom stereocenters. The van der Waals surface area contributed by atoms with Crippen LogP contribution in [0.15, 0.2) is 12.7 Å². The molecule has 0 aliphatic heterocycles. The van der Waals surface area contributed by atoms with E-state index in [0.29, 0.717) is 0 Å². The van der Waals surface area contributed by atoms with Crippen LogP contribution in [0, 0.1) is 20.2 Å². The molecule has 0 saturated heterocycles. The first-order valence-corrected chi connectivity index (χ1v) is 4.16. The summed E-state index contributed by atoms with van der Waals surface area (Å²) >= 11 is 0. The molecule has 0 radical (unpaired) electrons. The SMILES string of the molecule is C=CCOC(=O)OCCC([N+](=O)[O-])[N+](=O)[O-]. The van der Waals surface area contributed by atoms with Gasteiger partial charge in [-0.05, 0) is 0 Å². The maximum Gasteiger partial charge on any atom is 0.508 e. The molecule has 0 bridgehead atoms. The van der Waals surface area contributed by atoms with E-state index in [1.54, 1.807) is 0 Å². The van der Waals surface area contributed by atoms with Crippen LogP contribution in [-0.2, 0) is 9.47 Å². The fourth-order valence-electron chi connectivity index (χ4n) is 0.704. The third-order valence-corrected chi connectivity index (χ3v) is 1.40. The van der Waals surface area contributed by atoms with Gasteiger partial charge in [0.25, 0.3) is 0 Å². The zero-order chi connectivity index (χ0) is 12.6. The summed E-state index contributed by atoms with van der Waals surface area (Å²) in [6, 6.07) is 0. The van der Waals surface area contributed by atoms with Gasteiger partial charge in [-0.15, -0.1) is 0 Å². The molecule has 0 saturated carbocycles. The van der Waals surface area contributed by atoms with Crippen molar-refractivity contribution >= 4 is 6.16 Å². The van der Waals surface area contributed by atoms with Crippen LogP contribution in [-0.4, -0.2) is 35.4 Å². The topological polar surface area (TPSA) is 122 Å². The molecule has 0 N–H and O–H groups in total. The average Bonchev–Trinajstić information content (AvgIpc) is 2.20. The number of nitro groups is 2. The van der Waals surface area contributed by atoms with Gasteiger partial charge >= 0.3 is 12.3 Å². The van der Waals surface area contributed by atoms with Crippen molar-refractivity contribution in [3.63, 3.8) is 0 Å². The summed E-state index contributed by atoms with van der Waals surface area (Å²) in [4.78, 5) is 28.9. The van der Waals surface area contributed by atoms with Crippen LogP contribution < -0.4 is 0 Å². The molecule has 16 heavy (non-hydrogen) atoms. The Morgan fingerprint density at radius 1 is 1.31 bits per heavy atom. The maximum absolute atomic E-state index is 10.7. The molecular formula is C7H10N2O7. The third-order valence-electron chi connectivity index (χ3n) is 1.40. The summed E-state index contributed by atoms with van der Waals surface area (Å²) in [6.07, 6.45) is -2.24. The van der Waals surface area contributed by atoms with Crippen molar-refractivity contribution < 1.29 is 24.1 Å². The molecule has 90 valence electrons. The normalized spacial score (nSPS) is 9.56. The zero-order valence-corrected chi connectivity index (χ0v) is 8.24. The molecule has 0 heterocycles. The molecule has 0 unspecified atom stereocenters. The molecule has 0 amide bonds. The second-order valence-electron chi connectivity index (χ2n) is 2.54. The number of rotatable bonds is 7. The summed E-state index contributed by atoms with van der Waals surface area (Å²) in [5.41, 5.74) is 0. The Bertz CT molecular complexity index is 276. The van der Waals surface area contributed by atoms with E-state index < -0.39 is 35.2 Å². The van der Waals surface area contributed by atoms with Gasteiger partial charge in [0.15, 0.2) is 0 Å². The first-order chi connectivity index (χ1) is 7.49. The largest absolute Gasteiger partial charge is 0.508 e. The highest BCUT2D eigenvalue weighted by atomic mass is 16.7. The van der Waals surface area contributed by atoms with Crippen LogP contribution in [0.25, 0.3) is 0 Å². The van der Waals surface area contributed by atoms with E-state index in [-0.39, 0.29) is 6.61 Å². The van der Waals surface area contributed by atoms with Crippen LogP contribution >= 0.6 is 0 Å². The first kappa shape index (κ1) is 13.8. The van der Waals surface area contributed by atoms with Gasteiger partial charge < -0.3 is 9.47 Å². The van der Waals surface area contributed by atoms with Gasteiger partial charge in [0.1, 0.15) is 19.6 Å². The predicted molar refractivity (Wildman–Crippen MR) is 49.9 cm³/mol. The van der Waals surface area contributed by atoms with Crippen molar-refractivity contribution in [1.29, 1.82) is 0 Å². The highest BCUT2D eigenvalue weighted by molar-refractivity contribution is 5.59. The van der Waals surface area contributed by atoms with Crippen molar-refractivity contribution in [2.45, 2.75) is 12.6 Å². The molecule has 0 aromatic carbocycles. The van der Waals surface area contributed by atoms with E-state index in [9.17, 15) is 25.0 Å². The lowest BCUT2D eigenvalue weighted by Gasteiger charge is -2.04. The fourth-order valence-corrected chi connectivity index (χ4v) is 0.704. The fraction of sp³-hybridized carbons (Fsp3) is 0.571. The van der Waals surface area contributed by atoms with Crippen molar-refractivity contribution in [3.8, 4) is 0 Å². The quantitative estimate of drug-likeness (QED) is 0.208. The van der Waals surface area contributed by atoms with Gasteiger partial charge in [-0.25, -0.2) is 4.79 Å². The summed E-state index contributed by atoms with van der Waals surface area (Å²) in [5, 5.41) is 20.3. The van der Waals surface area contributed by atoms with Crippen LogP contribution in [0.1, 0.15) is 6.42 Å². The minimum absolute atomic E-state index is 0.0628. The lowest BCUT2D eigenvalue weighted by Crippen LogP contribution is -2.30. The summed E-state index contributed by atoms with van der Waals surface area (Å²) < 4.78 is 8.73. The molecular weight excluding hydrogens is 224 g/mol. The Morgan fingerprint density at radius 2 is 1.88 bits per heavy atom. The van der Waals surface area contributed by atoms with E-state index in [4.69, 9.17) is 0 Å². The van der Waals surface area contributed by atoms with Gasteiger partial charge in [-0.3, -0.25) is 20.2 Å². The first-order valence-electron chi connectivity index (χ1n) is 4.16. The molecule has 9 heteroatoms. The average molecular weight is 234 g/mol. The third kappa shape index (κ3) is 5.52. The molecule has 0 aromatic rings. The summed E-state index contributed by atoms with van der Waals surface area (Å²) in [5.74, 6) is 0. The number of nitrogens with zero attached hydrogens (tertiary/aromatic N) is 2. The highest BCUT2D eigenvalue weighted by Crippen LogP contribution is 1.99. The number of hydrogen-bond acceptors (Lipinski definition) is 7. The van der Waals surface area contributed by atoms with E-state index in [2.05, 4.69) is 16.1 Å². The van der Waals surface area contributed by atoms with Gasteiger partial charge in [-0.1, -0.05) is 12.7 Å². The lowest BCUT2D eigenvalue weighted by atomic mass is 10.4. The summed E-state index contributed by atoms with van der Waals surface area (Å²) in [6.45, 7) is 2.76. The Balaban J connectivity index is 3.86. The molecule has 0 rings (SSSR count). The maximum atomic E-state index is 10.7. The molecule has 9 nitrogen and oxygen atoms in total. The van der Waals surface area contributed by atoms with Crippen molar-refractivity contribution in [1.82, 2.24) is 0 Å². The van der Waals surface area contributed by atoms with Crippen molar-refractivity contribution in [3.05, 3.63) is 32.9 Å². The van der Waals surface area contributed by atoms with Crippen LogP contribution in [0.4, 0.5) is 4.79 Å². The highest BCUT2D eigenvalue weighted by Gasteiger charge is 2.32. The number of carbonyl (C=O) groups excluding carboxylic acids is 1. The second-order valence-corrected chi connectivity index (χ2v) is 2.54. The molecule has 0 aliphatic rings. The number of ether oxygens (including phenoxy) is 2. The Kier molecular flexibility index (Phi) is 6.17. The van der Waals surface area contributed by atoms with Crippen LogP contribution in [0.2, 0.25) is 0 Å². The van der Waals surface area contributed by atoms with Crippen LogP contribution in [0.5, 0.6) is 0 Å². The second kappa shape index (κ2) is 7.15. The number of hydrogen-bond donors (Lipinski definition) is 0. The van der Waals surface area contributed by atoms with Gasteiger partial charge in [0, 0.05) is 0 Å². The zero-order valence-electron chi connectivity index (χ0n) is 8.24. The molecule has 0 aromatic heterocycles. The van der Waals surface area contributed by atoms with E-state index in [1.165, 1.54) is 6.08 Å². The molecule has 0 aliphatic carbocycles. The van der Waals surface area contributed by atoms with E-state index in [1.807, 2.05) is 0 Å². The number of carbonyl (C=O) groups is 1. The van der Waals surface area contributed by atoms with Crippen LogP contribution in [0.3, 0.4) is 0 Å². The standard InChI is InChI=1S/C7H10N2O7/c1-2-4-15-7(10)16-5-3-6(8(11)12)9(13)14/h2,6H,1,3-5H2.